The zero-order chi connectivity index (χ0) is 27.2. The van der Waals surface area contributed by atoms with Crippen LogP contribution in [-0.2, 0) is 4.79 Å². The van der Waals surface area contributed by atoms with Gasteiger partial charge in [-0.15, -0.1) is 0 Å². The average Bonchev–Trinajstić information content (AvgIpc) is 2.82. The van der Waals surface area contributed by atoms with E-state index in [2.05, 4.69) is 60.6 Å². The number of carbonyl (C=O) groups is 1. The SMILES string of the molecule is CC1(C)CC[C@]2(CCC#N)CC[C@]3(C)[C@H](C(=O)C[C@@H]4[C@@]5(C)CC(C#N)=C(O)C(C)(C)[C@@H]5CC[C@]43C)[C@@H]2C1. The van der Waals surface area contributed by atoms with Gasteiger partial charge in [0, 0.05) is 24.2 Å². The van der Waals surface area contributed by atoms with E-state index in [1.807, 2.05) is 0 Å². The van der Waals surface area contributed by atoms with Crippen LogP contribution in [0.25, 0.3) is 0 Å². The second kappa shape index (κ2) is 8.10. The number of allylic oxidation sites excluding steroid dienone is 2. The quantitative estimate of drug-likeness (QED) is 0.410. The van der Waals surface area contributed by atoms with E-state index in [0.29, 0.717) is 36.5 Å². The minimum Gasteiger partial charge on any atom is -0.511 e. The molecule has 1 N–H and O–H groups in total. The van der Waals surface area contributed by atoms with Crippen molar-refractivity contribution < 1.29 is 9.90 Å². The summed E-state index contributed by atoms with van der Waals surface area (Å²) >= 11 is 0. The van der Waals surface area contributed by atoms with Crippen LogP contribution in [0.4, 0.5) is 0 Å². The number of nitrogens with zero attached hydrogens (tertiary/aromatic N) is 2. The lowest BCUT2D eigenvalue weighted by molar-refractivity contribution is -0.231. The molecular formula is C33H48N2O2. The first-order valence-corrected chi connectivity index (χ1v) is 14.8. The predicted octanol–water partition coefficient (Wildman–Crippen LogP) is 8.30. The van der Waals surface area contributed by atoms with Gasteiger partial charge in [-0.05, 0) is 103 Å². The summed E-state index contributed by atoms with van der Waals surface area (Å²) in [5, 5.41) is 30.5. The Kier molecular flexibility index (Phi) is 5.86. The van der Waals surface area contributed by atoms with E-state index in [1.165, 1.54) is 6.42 Å². The van der Waals surface area contributed by atoms with Crippen molar-refractivity contribution in [1.29, 1.82) is 10.5 Å². The third kappa shape index (κ3) is 3.39. The zero-order valence-electron chi connectivity index (χ0n) is 24.3. The third-order valence-corrected chi connectivity index (χ3v) is 13.7. The van der Waals surface area contributed by atoms with Crippen LogP contribution in [0.2, 0.25) is 0 Å². The normalized spacial score (nSPS) is 48.0. The van der Waals surface area contributed by atoms with E-state index in [0.717, 1.165) is 44.9 Å². The Morgan fingerprint density at radius 2 is 1.59 bits per heavy atom. The molecule has 0 amide bonds. The predicted molar refractivity (Wildman–Crippen MR) is 145 cm³/mol. The Morgan fingerprint density at radius 3 is 2.24 bits per heavy atom. The summed E-state index contributed by atoms with van der Waals surface area (Å²) in [6.45, 7) is 16.3. The van der Waals surface area contributed by atoms with Crippen LogP contribution in [0, 0.1) is 78.8 Å². The first-order valence-electron chi connectivity index (χ1n) is 14.8. The lowest BCUT2D eigenvalue weighted by Gasteiger charge is -2.72. The van der Waals surface area contributed by atoms with Crippen LogP contribution in [0.3, 0.4) is 0 Å². The van der Waals surface area contributed by atoms with Gasteiger partial charge in [0.05, 0.1) is 17.7 Å². The highest BCUT2D eigenvalue weighted by atomic mass is 16.3. The molecule has 5 aliphatic carbocycles. The van der Waals surface area contributed by atoms with E-state index in [9.17, 15) is 20.4 Å². The minimum atomic E-state index is -0.452. The molecule has 4 nitrogen and oxygen atoms in total. The summed E-state index contributed by atoms with van der Waals surface area (Å²) in [6.07, 6.45) is 10.5. The maximum Gasteiger partial charge on any atom is 0.137 e. The molecule has 202 valence electrons. The summed E-state index contributed by atoms with van der Waals surface area (Å²) in [7, 11) is 0. The van der Waals surface area contributed by atoms with Crippen LogP contribution in [-0.4, -0.2) is 10.9 Å². The number of hydrogen-bond acceptors (Lipinski definition) is 4. The monoisotopic (exact) mass is 504 g/mol. The molecule has 0 radical (unpaired) electrons. The largest absolute Gasteiger partial charge is 0.511 e. The van der Waals surface area contributed by atoms with E-state index in [-0.39, 0.29) is 50.6 Å². The van der Waals surface area contributed by atoms with Gasteiger partial charge in [-0.25, -0.2) is 0 Å². The summed E-state index contributed by atoms with van der Waals surface area (Å²) in [5.41, 5.74) is 0.202. The first kappa shape index (κ1) is 26.8. The van der Waals surface area contributed by atoms with Crippen molar-refractivity contribution in [2.45, 2.75) is 119 Å². The summed E-state index contributed by atoms with van der Waals surface area (Å²) in [6, 6.07) is 4.77. The van der Waals surface area contributed by atoms with Crippen molar-refractivity contribution >= 4 is 5.78 Å². The lowest BCUT2D eigenvalue weighted by atomic mass is 9.31. The Balaban J connectivity index is 1.60. The maximum absolute atomic E-state index is 14.5. The Hall–Kier alpha value is -1.81. The second-order valence-corrected chi connectivity index (χ2v) is 16.0. The molecule has 0 spiro atoms. The number of nitriles is 2. The molecule has 4 fully saturated rings. The van der Waals surface area contributed by atoms with Gasteiger partial charge in [0.15, 0.2) is 0 Å². The molecule has 0 aromatic heterocycles. The zero-order valence-corrected chi connectivity index (χ0v) is 24.3. The van der Waals surface area contributed by atoms with E-state index in [4.69, 9.17) is 0 Å². The number of ketones is 1. The molecule has 0 bridgehead atoms. The van der Waals surface area contributed by atoms with Gasteiger partial charge in [0.25, 0.3) is 0 Å². The van der Waals surface area contributed by atoms with Crippen LogP contribution in [0.1, 0.15) is 119 Å². The van der Waals surface area contributed by atoms with Crippen molar-refractivity contribution in [2.75, 3.05) is 0 Å². The second-order valence-electron chi connectivity index (χ2n) is 16.0. The van der Waals surface area contributed by atoms with Gasteiger partial charge >= 0.3 is 0 Å². The number of carbonyl (C=O) groups excluding carboxylic acids is 1. The smallest absolute Gasteiger partial charge is 0.137 e. The van der Waals surface area contributed by atoms with Crippen LogP contribution < -0.4 is 0 Å². The van der Waals surface area contributed by atoms with E-state index >= 15 is 0 Å². The highest BCUT2D eigenvalue weighted by Crippen LogP contribution is 2.76. The number of rotatable bonds is 2. The van der Waals surface area contributed by atoms with Gasteiger partial charge in [0.1, 0.15) is 11.5 Å². The molecule has 8 atom stereocenters. The molecule has 0 aliphatic heterocycles. The fourth-order valence-corrected chi connectivity index (χ4v) is 11.5. The van der Waals surface area contributed by atoms with Crippen molar-refractivity contribution in [1.82, 2.24) is 0 Å². The van der Waals surface area contributed by atoms with Crippen molar-refractivity contribution in [2.24, 2.45) is 56.2 Å². The lowest BCUT2D eigenvalue weighted by Crippen LogP contribution is -2.68. The fraction of sp³-hybridized carbons (Fsp3) is 0.848. The molecule has 0 aromatic carbocycles. The first-order chi connectivity index (χ1) is 17.1. The third-order valence-electron chi connectivity index (χ3n) is 13.7. The van der Waals surface area contributed by atoms with Crippen molar-refractivity contribution in [3.05, 3.63) is 11.3 Å². The van der Waals surface area contributed by atoms with Crippen LogP contribution in [0.15, 0.2) is 11.3 Å². The molecule has 5 rings (SSSR count). The average molecular weight is 505 g/mol. The molecule has 0 saturated heterocycles. The van der Waals surface area contributed by atoms with Gasteiger partial charge in [-0.1, -0.05) is 48.5 Å². The topological polar surface area (TPSA) is 84.9 Å². The molecule has 4 heteroatoms. The molecule has 0 heterocycles. The standard InChI is InChI=1S/C33H48N2O2/c1-28(2)12-14-33(10-8-16-34)15-13-32(7)26(22(33)19-28)23(36)17-25-30(5)18-21(20-35)27(37)29(3,4)24(30)9-11-31(25,32)6/h22,24-26,37H,8-15,17-19H2,1-7H3/t22-,24-,25+,26-,30-,31+,32+,33+/m0/s1. The number of aliphatic hydroxyl groups is 1. The summed E-state index contributed by atoms with van der Waals surface area (Å²) < 4.78 is 0. The molecule has 0 aromatic rings. The number of Topliss-reactive ketones (excluding diaryl/α,β-unsaturated/α-hetero) is 1. The number of aliphatic hydroxyl groups excluding tert-OH is 1. The highest BCUT2D eigenvalue weighted by molar-refractivity contribution is 5.84. The van der Waals surface area contributed by atoms with E-state index in [1.54, 1.807) is 0 Å². The maximum atomic E-state index is 14.5. The highest BCUT2D eigenvalue weighted by Gasteiger charge is 2.72. The van der Waals surface area contributed by atoms with Gasteiger partial charge < -0.3 is 5.11 Å². The number of fused-ring (bicyclic) bond motifs is 7. The fourth-order valence-electron chi connectivity index (χ4n) is 11.5. The van der Waals surface area contributed by atoms with Crippen LogP contribution >= 0.6 is 0 Å². The van der Waals surface area contributed by atoms with Gasteiger partial charge in [-0.2, -0.15) is 10.5 Å². The molecular weight excluding hydrogens is 456 g/mol. The number of hydrogen-bond donors (Lipinski definition) is 1. The Morgan fingerprint density at radius 1 is 0.919 bits per heavy atom. The van der Waals surface area contributed by atoms with Crippen molar-refractivity contribution in [3.63, 3.8) is 0 Å². The molecule has 0 unspecified atom stereocenters. The molecule has 37 heavy (non-hydrogen) atoms. The molecule has 4 saturated carbocycles. The van der Waals surface area contributed by atoms with Crippen LogP contribution in [0.5, 0.6) is 0 Å². The minimum absolute atomic E-state index is 0.0173. The van der Waals surface area contributed by atoms with Gasteiger partial charge in [-0.3, -0.25) is 4.79 Å². The Labute approximate surface area is 224 Å². The summed E-state index contributed by atoms with van der Waals surface area (Å²) in [5.74, 6) is 1.63. The van der Waals surface area contributed by atoms with Crippen molar-refractivity contribution in [3.8, 4) is 12.1 Å². The Bertz CT molecular complexity index is 1120. The van der Waals surface area contributed by atoms with Gasteiger partial charge in [0.2, 0.25) is 0 Å². The molecule has 5 aliphatic rings. The summed E-state index contributed by atoms with van der Waals surface area (Å²) in [4.78, 5) is 14.5. The van der Waals surface area contributed by atoms with E-state index < -0.39 is 5.41 Å².